The molecule has 0 saturated carbocycles. The van der Waals surface area contributed by atoms with E-state index in [2.05, 4.69) is 5.32 Å². The third kappa shape index (κ3) is 3.04. The minimum atomic E-state index is -3.11. The Morgan fingerprint density at radius 1 is 1.32 bits per heavy atom. The first-order valence-electron chi connectivity index (χ1n) is 5.87. The topological polar surface area (TPSA) is 89.3 Å². The molecule has 0 radical (unpaired) electrons. The van der Waals surface area contributed by atoms with Gasteiger partial charge in [0.05, 0.1) is 11.5 Å². The van der Waals surface area contributed by atoms with Gasteiger partial charge in [0.1, 0.15) is 11.4 Å². The van der Waals surface area contributed by atoms with E-state index in [1.54, 1.807) is 6.07 Å². The number of sulfone groups is 1. The van der Waals surface area contributed by atoms with Crippen LogP contribution in [0.4, 0.5) is 10.1 Å². The zero-order valence-electron chi connectivity index (χ0n) is 10.2. The van der Waals surface area contributed by atoms with Gasteiger partial charge in [0, 0.05) is 5.69 Å². The van der Waals surface area contributed by atoms with Crippen LogP contribution in [0.25, 0.3) is 0 Å². The maximum atomic E-state index is 13.1. The van der Waals surface area contributed by atoms with Gasteiger partial charge in [-0.15, -0.1) is 0 Å². The summed E-state index contributed by atoms with van der Waals surface area (Å²) in [5.74, 6) is -1.25. The monoisotopic (exact) mass is 286 g/mol. The molecule has 1 fully saturated rings. The van der Waals surface area contributed by atoms with Gasteiger partial charge in [-0.3, -0.25) is 4.79 Å². The fraction of sp³-hybridized carbons (Fsp3) is 0.417. The highest BCUT2D eigenvalue weighted by atomic mass is 32.2. The van der Waals surface area contributed by atoms with Crippen molar-refractivity contribution in [1.29, 1.82) is 0 Å². The highest BCUT2D eigenvalue weighted by Gasteiger charge is 2.42. The van der Waals surface area contributed by atoms with Crippen molar-refractivity contribution in [1.82, 2.24) is 0 Å². The second-order valence-corrected chi connectivity index (χ2v) is 7.04. The molecule has 1 saturated heterocycles. The molecule has 7 heteroatoms. The van der Waals surface area contributed by atoms with Crippen molar-refractivity contribution >= 4 is 21.4 Å². The van der Waals surface area contributed by atoms with Crippen LogP contribution in [0.1, 0.15) is 12.8 Å². The zero-order valence-corrected chi connectivity index (χ0v) is 11.0. The zero-order chi connectivity index (χ0) is 14.1. The van der Waals surface area contributed by atoms with Gasteiger partial charge < -0.3 is 11.1 Å². The molecular formula is C12H15FN2O3S. The summed E-state index contributed by atoms with van der Waals surface area (Å²) >= 11 is 0. The lowest BCUT2D eigenvalue weighted by Crippen LogP contribution is -2.55. The lowest BCUT2D eigenvalue weighted by molar-refractivity contribution is -0.122. The summed E-state index contributed by atoms with van der Waals surface area (Å²) in [6.07, 6.45) is 0.197. The molecule has 0 atom stereocenters. The number of benzene rings is 1. The number of amides is 1. The smallest absolute Gasteiger partial charge is 0.243 e. The normalized spacial score (nSPS) is 20.7. The Hall–Kier alpha value is -1.63. The molecule has 3 N–H and O–H groups in total. The summed E-state index contributed by atoms with van der Waals surface area (Å²) in [6, 6.07) is 5.64. The van der Waals surface area contributed by atoms with Crippen LogP contribution in [-0.4, -0.2) is 31.4 Å². The average Bonchev–Trinajstić information content (AvgIpc) is 2.32. The molecule has 104 valence electrons. The Bertz CT molecular complexity index is 587. The number of nitrogens with one attached hydrogen (secondary N) is 1. The molecular weight excluding hydrogens is 271 g/mol. The maximum Gasteiger partial charge on any atom is 0.243 e. The van der Waals surface area contributed by atoms with Crippen LogP contribution >= 0.6 is 0 Å². The highest BCUT2D eigenvalue weighted by molar-refractivity contribution is 7.91. The number of rotatable bonds is 3. The van der Waals surface area contributed by atoms with E-state index in [1.807, 2.05) is 0 Å². The fourth-order valence-electron chi connectivity index (χ4n) is 2.16. The maximum absolute atomic E-state index is 13.1. The van der Waals surface area contributed by atoms with Crippen LogP contribution < -0.4 is 11.1 Å². The molecule has 2 rings (SSSR count). The van der Waals surface area contributed by atoms with E-state index >= 15 is 0 Å². The minimum Gasteiger partial charge on any atom is -0.371 e. The molecule has 1 aromatic rings. The van der Waals surface area contributed by atoms with Crippen molar-refractivity contribution in [3.63, 3.8) is 0 Å². The summed E-state index contributed by atoms with van der Waals surface area (Å²) in [6.45, 7) is 0. The first-order valence-corrected chi connectivity index (χ1v) is 7.69. The van der Waals surface area contributed by atoms with Gasteiger partial charge in [-0.05, 0) is 31.0 Å². The van der Waals surface area contributed by atoms with Crippen LogP contribution in [0, 0.1) is 5.82 Å². The lowest BCUT2D eigenvalue weighted by atomic mass is 9.91. The summed E-state index contributed by atoms with van der Waals surface area (Å²) in [7, 11) is -3.11. The number of primary amides is 1. The van der Waals surface area contributed by atoms with Crippen LogP contribution in [0.5, 0.6) is 0 Å². The SMILES string of the molecule is NC(=O)C1(Nc2cccc(F)c2)CCS(=O)(=O)CC1. The molecule has 1 aliphatic rings. The molecule has 0 spiro atoms. The summed E-state index contributed by atoms with van der Waals surface area (Å²) in [4.78, 5) is 11.6. The molecule has 0 unspecified atom stereocenters. The molecule has 0 aromatic heterocycles. The van der Waals surface area contributed by atoms with Gasteiger partial charge in [-0.25, -0.2) is 12.8 Å². The van der Waals surface area contributed by atoms with Crippen LogP contribution in [0.15, 0.2) is 24.3 Å². The lowest BCUT2D eigenvalue weighted by Gasteiger charge is -2.35. The predicted molar refractivity (Wildman–Crippen MR) is 69.8 cm³/mol. The first kappa shape index (κ1) is 13.8. The Labute approximate surface area is 110 Å². The van der Waals surface area contributed by atoms with Gasteiger partial charge in [-0.1, -0.05) is 6.07 Å². The van der Waals surface area contributed by atoms with Crippen molar-refractivity contribution in [2.45, 2.75) is 18.4 Å². The molecule has 1 aliphatic heterocycles. The largest absolute Gasteiger partial charge is 0.371 e. The van der Waals surface area contributed by atoms with Gasteiger partial charge in [0.25, 0.3) is 0 Å². The van der Waals surface area contributed by atoms with E-state index in [4.69, 9.17) is 5.73 Å². The van der Waals surface area contributed by atoms with E-state index < -0.39 is 27.1 Å². The number of hydrogen-bond acceptors (Lipinski definition) is 4. The summed E-state index contributed by atoms with van der Waals surface area (Å²) in [5, 5.41) is 2.89. The van der Waals surface area contributed by atoms with E-state index in [0.29, 0.717) is 5.69 Å². The van der Waals surface area contributed by atoms with Crippen molar-refractivity contribution < 1.29 is 17.6 Å². The van der Waals surface area contributed by atoms with Crippen LogP contribution in [-0.2, 0) is 14.6 Å². The third-order valence-corrected chi connectivity index (χ3v) is 5.01. The van der Waals surface area contributed by atoms with Crippen molar-refractivity contribution in [3.8, 4) is 0 Å². The number of hydrogen-bond donors (Lipinski definition) is 2. The molecule has 1 heterocycles. The second-order valence-electron chi connectivity index (χ2n) is 4.73. The molecule has 19 heavy (non-hydrogen) atoms. The van der Waals surface area contributed by atoms with Crippen LogP contribution in [0.2, 0.25) is 0 Å². The number of carbonyl (C=O) groups is 1. The van der Waals surface area contributed by atoms with Crippen LogP contribution in [0.3, 0.4) is 0 Å². The average molecular weight is 286 g/mol. The Kier molecular flexibility index (Phi) is 3.49. The van der Waals surface area contributed by atoms with Crippen molar-refractivity contribution in [2.24, 2.45) is 5.73 Å². The number of carbonyl (C=O) groups excluding carboxylic acids is 1. The summed E-state index contributed by atoms with van der Waals surface area (Å²) < 4.78 is 36.0. The Morgan fingerprint density at radius 3 is 2.47 bits per heavy atom. The predicted octanol–water partition coefficient (Wildman–Crippen LogP) is 0.670. The molecule has 1 aromatic carbocycles. The van der Waals surface area contributed by atoms with Gasteiger partial charge >= 0.3 is 0 Å². The van der Waals surface area contributed by atoms with Crippen molar-refractivity contribution in [2.75, 3.05) is 16.8 Å². The Balaban J connectivity index is 2.24. The number of nitrogens with two attached hydrogens (primary N) is 1. The number of anilines is 1. The molecule has 0 bridgehead atoms. The highest BCUT2D eigenvalue weighted by Crippen LogP contribution is 2.28. The van der Waals surface area contributed by atoms with E-state index in [0.717, 1.165) is 0 Å². The van der Waals surface area contributed by atoms with E-state index in [1.165, 1.54) is 18.2 Å². The fourth-order valence-corrected chi connectivity index (χ4v) is 3.69. The summed E-state index contributed by atoms with van der Waals surface area (Å²) in [5.41, 5.74) is 4.68. The van der Waals surface area contributed by atoms with E-state index in [9.17, 15) is 17.6 Å². The standard InChI is InChI=1S/C12H15FN2O3S/c13-9-2-1-3-10(8-9)15-12(11(14)16)4-6-19(17,18)7-5-12/h1-3,8,15H,4-7H2,(H2,14,16). The van der Waals surface area contributed by atoms with Gasteiger partial charge in [-0.2, -0.15) is 0 Å². The van der Waals surface area contributed by atoms with E-state index in [-0.39, 0.29) is 24.3 Å². The molecule has 5 nitrogen and oxygen atoms in total. The minimum absolute atomic E-state index is 0.0984. The molecule has 1 amide bonds. The van der Waals surface area contributed by atoms with Gasteiger partial charge in [0.2, 0.25) is 5.91 Å². The third-order valence-electron chi connectivity index (χ3n) is 3.36. The quantitative estimate of drug-likeness (QED) is 0.854. The number of halogens is 1. The van der Waals surface area contributed by atoms with Crippen molar-refractivity contribution in [3.05, 3.63) is 30.1 Å². The van der Waals surface area contributed by atoms with Gasteiger partial charge in [0.15, 0.2) is 9.84 Å². The second kappa shape index (κ2) is 4.80. The Morgan fingerprint density at radius 2 is 1.95 bits per heavy atom. The molecule has 0 aliphatic carbocycles. The first-order chi connectivity index (χ1) is 8.83.